The number of benzene rings is 2. The van der Waals surface area contributed by atoms with Crippen LogP contribution < -0.4 is 10.0 Å². The van der Waals surface area contributed by atoms with Crippen molar-refractivity contribution in [2.75, 3.05) is 11.4 Å². The molecule has 0 spiro atoms. The summed E-state index contributed by atoms with van der Waals surface area (Å²) >= 11 is 0. The third-order valence-electron chi connectivity index (χ3n) is 4.16. The first-order valence-corrected chi connectivity index (χ1v) is 8.93. The summed E-state index contributed by atoms with van der Waals surface area (Å²) in [5.41, 5.74) is 6.57. The van der Waals surface area contributed by atoms with Crippen molar-refractivity contribution in [3.05, 3.63) is 59.4 Å². The Morgan fingerprint density at radius 1 is 1.17 bits per heavy atom. The monoisotopic (exact) mass is 348 g/mol. The van der Waals surface area contributed by atoms with Crippen LogP contribution in [0.15, 0.2) is 47.4 Å². The summed E-state index contributed by atoms with van der Waals surface area (Å²) in [5.74, 6) is -1.01. The second kappa shape index (κ2) is 5.90. The number of sulfonamides is 1. The predicted molar refractivity (Wildman–Crippen MR) is 88.9 cm³/mol. The van der Waals surface area contributed by atoms with Crippen molar-refractivity contribution in [2.24, 2.45) is 5.73 Å². The summed E-state index contributed by atoms with van der Waals surface area (Å²) in [7, 11) is -2.70. The van der Waals surface area contributed by atoms with E-state index in [1.165, 1.54) is 43.4 Å². The van der Waals surface area contributed by atoms with Crippen molar-refractivity contribution in [1.29, 1.82) is 0 Å². The summed E-state index contributed by atoms with van der Waals surface area (Å²) in [6.45, 7) is 0. The van der Waals surface area contributed by atoms with E-state index in [1.807, 2.05) is 0 Å². The van der Waals surface area contributed by atoms with Gasteiger partial charge in [0, 0.05) is 12.6 Å². The fraction of sp³-hybridized carbons (Fsp3) is 0.235. The van der Waals surface area contributed by atoms with Gasteiger partial charge in [-0.05, 0) is 60.7 Å². The zero-order valence-corrected chi connectivity index (χ0v) is 13.9. The fourth-order valence-corrected chi connectivity index (χ4v) is 3.76. The highest BCUT2D eigenvalue weighted by molar-refractivity contribution is 7.92. The topological polar surface area (TPSA) is 80.5 Å². The second-order valence-electron chi connectivity index (χ2n) is 5.85. The van der Waals surface area contributed by atoms with Crippen LogP contribution in [0.2, 0.25) is 0 Å². The van der Waals surface area contributed by atoms with Crippen LogP contribution in [0.1, 0.15) is 34.7 Å². The largest absolute Gasteiger partial charge is 0.366 e. The van der Waals surface area contributed by atoms with Gasteiger partial charge < -0.3 is 5.73 Å². The molecule has 2 N–H and O–H groups in total. The average Bonchev–Trinajstić information content (AvgIpc) is 3.38. The molecule has 1 saturated carbocycles. The Morgan fingerprint density at radius 3 is 2.29 bits per heavy atom. The summed E-state index contributed by atoms with van der Waals surface area (Å²) in [6, 6.07) is 10.0. The molecule has 1 aliphatic rings. The van der Waals surface area contributed by atoms with Gasteiger partial charge in [-0.2, -0.15) is 0 Å². The number of carbonyl (C=O) groups excluding carboxylic acids is 1. The van der Waals surface area contributed by atoms with E-state index in [-0.39, 0.29) is 10.5 Å². The van der Waals surface area contributed by atoms with Crippen LogP contribution in [0.4, 0.5) is 10.1 Å². The first-order valence-electron chi connectivity index (χ1n) is 7.49. The maximum atomic E-state index is 14.3. The van der Waals surface area contributed by atoms with Gasteiger partial charge in [0.1, 0.15) is 10.7 Å². The summed E-state index contributed by atoms with van der Waals surface area (Å²) in [4.78, 5) is 10.7. The number of anilines is 1. The molecule has 0 aromatic heterocycles. The van der Waals surface area contributed by atoms with E-state index in [2.05, 4.69) is 0 Å². The van der Waals surface area contributed by atoms with Crippen LogP contribution >= 0.6 is 0 Å². The van der Waals surface area contributed by atoms with Gasteiger partial charge in [-0.15, -0.1) is 0 Å². The molecule has 3 rings (SSSR count). The summed E-state index contributed by atoms with van der Waals surface area (Å²) in [6.07, 6.45) is 2.02. The minimum Gasteiger partial charge on any atom is -0.366 e. The Kier molecular flexibility index (Phi) is 4.04. The lowest BCUT2D eigenvalue weighted by atomic mass is 10.1. The highest BCUT2D eigenvalue weighted by Crippen LogP contribution is 2.40. The van der Waals surface area contributed by atoms with E-state index < -0.39 is 21.7 Å². The molecular weight excluding hydrogens is 331 g/mol. The Labute approximate surface area is 139 Å². The van der Waals surface area contributed by atoms with Crippen LogP contribution in [0.25, 0.3) is 0 Å². The Bertz CT molecular complexity index is 891. The number of primary amides is 1. The highest BCUT2D eigenvalue weighted by atomic mass is 32.2. The average molecular weight is 348 g/mol. The number of nitrogens with zero attached hydrogens (tertiary/aromatic N) is 1. The van der Waals surface area contributed by atoms with Crippen molar-refractivity contribution in [2.45, 2.75) is 23.7 Å². The van der Waals surface area contributed by atoms with E-state index >= 15 is 0 Å². The molecule has 1 amide bonds. The molecule has 0 aliphatic heterocycles. The molecule has 1 fully saturated rings. The van der Waals surface area contributed by atoms with E-state index in [1.54, 1.807) is 6.07 Å². The number of amides is 1. The molecule has 0 heterocycles. The number of nitrogens with two attached hydrogens (primary N) is 1. The van der Waals surface area contributed by atoms with Crippen molar-refractivity contribution >= 4 is 21.6 Å². The molecule has 0 radical (unpaired) electrons. The van der Waals surface area contributed by atoms with Gasteiger partial charge in [0.25, 0.3) is 10.0 Å². The van der Waals surface area contributed by atoms with Crippen LogP contribution in [0, 0.1) is 5.82 Å². The van der Waals surface area contributed by atoms with Gasteiger partial charge in [-0.3, -0.25) is 9.10 Å². The minimum atomic E-state index is -4.04. The quantitative estimate of drug-likeness (QED) is 0.902. The van der Waals surface area contributed by atoms with Gasteiger partial charge >= 0.3 is 0 Å². The molecule has 0 atom stereocenters. The highest BCUT2D eigenvalue weighted by Gasteiger charge is 2.28. The maximum Gasteiger partial charge on any atom is 0.266 e. The normalized spacial score (nSPS) is 14.4. The number of carbonyl (C=O) groups is 1. The second-order valence-corrected chi connectivity index (χ2v) is 7.79. The fourth-order valence-electron chi connectivity index (χ4n) is 2.52. The molecule has 2 aromatic rings. The van der Waals surface area contributed by atoms with Crippen molar-refractivity contribution in [3.63, 3.8) is 0 Å². The lowest BCUT2D eigenvalue weighted by Crippen LogP contribution is -2.27. The molecule has 2 aromatic carbocycles. The van der Waals surface area contributed by atoms with E-state index in [0.29, 0.717) is 11.6 Å². The smallest absolute Gasteiger partial charge is 0.266 e. The molecule has 7 heteroatoms. The zero-order valence-electron chi connectivity index (χ0n) is 13.1. The third-order valence-corrected chi connectivity index (χ3v) is 5.98. The summed E-state index contributed by atoms with van der Waals surface area (Å²) < 4.78 is 40.6. The molecule has 24 heavy (non-hydrogen) atoms. The van der Waals surface area contributed by atoms with Gasteiger partial charge in [-0.25, -0.2) is 12.8 Å². The molecular formula is C17H17FN2O3S. The van der Waals surface area contributed by atoms with Gasteiger partial charge in [0.2, 0.25) is 5.91 Å². The van der Waals surface area contributed by atoms with Crippen LogP contribution in [0.5, 0.6) is 0 Å². The van der Waals surface area contributed by atoms with E-state index in [0.717, 1.165) is 22.7 Å². The molecule has 1 aliphatic carbocycles. The first kappa shape index (κ1) is 16.4. The van der Waals surface area contributed by atoms with Crippen molar-refractivity contribution in [1.82, 2.24) is 0 Å². The standard InChI is InChI=1S/C17H17FN2O3S/c1-20(14-7-4-12(5-8-14)17(19)21)24(22,23)16-9-6-13(10-15(16)18)11-2-3-11/h4-11H,2-3H2,1H3,(H2,19,21). The Morgan fingerprint density at radius 2 is 1.79 bits per heavy atom. The molecule has 0 bridgehead atoms. The van der Waals surface area contributed by atoms with Crippen LogP contribution in [-0.2, 0) is 10.0 Å². The van der Waals surface area contributed by atoms with Gasteiger partial charge in [-0.1, -0.05) is 6.07 Å². The number of hydrogen-bond donors (Lipinski definition) is 1. The summed E-state index contributed by atoms with van der Waals surface area (Å²) in [5, 5.41) is 0. The molecule has 126 valence electrons. The van der Waals surface area contributed by atoms with Gasteiger partial charge in [0.15, 0.2) is 0 Å². The van der Waals surface area contributed by atoms with E-state index in [9.17, 15) is 17.6 Å². The molecule has 0 unspecified atom stereocenters. The van der Waals surface area contributed by atoms with Gasteiger partial charge in [0.05, 0.1) is 5.69 Å². The molecule has 0 saturated heterocycles. The lowest BCUT2D eigenvalue weighted by Gasteiger charge is -2.20. The Balaban J connectivity index is 1.92. The first-order chi connectivity index (χ1) is 11.3. The van der Waals surface area contributed by atoms with Crippen LogP contribution in [0.3, 0.4) is 0 Å². The molecule has 5 nitrogen and oxygen atoms in total. The maximum absolute atomic E-state index is 14.3. The number of rotatable bonds is 5. The number of halogens is 1. The van der Waals surface area contributed by atoms with Crippen LogP contribution in [-0.4, -0.2) is 21.4 Å². The minimum absolute atomic E-state index is 0.268. The third kappa shape index (κ3) is 2.99. The lowest BCUT2D eigenvalue weighted by molar-refractivity contribution is 0.100. The predicted octanol–water partition coefficient (Wildman–Crippen LogP) is 2.63. The van der Waals surface area contributed by atoms with E-state index in [4.69, 9.17) is 5.73 Å². The number of hydrogen-bond acceptors (Lipinski definition) is 3. The Hall–Kier alpha value is -2.41. The SMILES string of the molecule is CN(c1ccc(C(N)=O)cc1)S(=O)(=O)c1ccc(C2CC2)cc1F. The zero-order chi connectivity index (χ0) is 17.5. The van der Waals surface area contributed by atoms with Crippen molar-refractivity contribution in [3.8, 4) is 0 Å². The van der Waals surface area contributed by atoms with Crippen molar-refractivity contribution < 1.29 is 17.6 Å².